The highest BCUT2D eigenvalue weighted by atomic mass is 16.7. The Morgan fingerprint density at radius 2 is 2.00 bits per heavy atom. The number of aliphatic hydroxyl groups excluding tert-OH is 1. The molecule has 144 valence electrons. The SMILES string of the molecule is C[C@@H](Cc1ccccc1)NC(=O)[C@H](CCCCN=C(N)N)NC1OC1O. The third-order valence-corrected chi connectivity index (χ3v) is 4.12. The van der Waals surface area contributed by atoms with Crippen LogP contribution in [0.2, 0.25) is 0 Å². The summed E-state index contributed by atoms with van der Waals surface area (Å²) in [5.74, 6) is -0.0281. The largest absolute Gasteiger partial charge is 0.370 e. The lowest BCUT2D eigenvalue weighted by atomic mass is 10.1. The van der Waals surface area contributed by atoms with Gasteiger partial charge in [0, 0.05) is 12.6 Å². The molecular weight excluding hydrogens is 334 g/mol. The van der Waals surface area contributed by atoms with Gasteiger partial charge in [-0.3, -0.25) is 15.1 Å². The number of amides is 1. The smallest absolute Gasteiger partial charge is 0.237 e. The van der Waals surface area contributed by atoms with Crippen LogP contribution in [-0.2, 0) is 16.0 Å². The molecule has 0 aliphatic carbocycles. The van der Waals surface area contributed by atoms with Gasteiger partial charge in [-0.05, 0) is 38.2 Å². The summed E-state index contributed by atoms with van der Waals surface area (Å²) in [6.07, 6.45) is 1.60. The zero-order chi connectivity index (χ0) is 18.9. The minimum Gasteiger partial charge on any atom is -0.370 e. The van der Waals surface area contributed by atoms with Crippen LogP contribution < -0.4 is 22.1 Å². The van der Waals surface area contributed by atoms with Crippen molar-refractivity contribution in [3.63, 3.8) is 0 Å². The Morgan fingerprint density at radius 3 is 2.62 bits per heavy atom. The van der Waals surface area contributed by atoms with E-state index in [1.807, 2.05) is 37.3 Å². The Bertz CT molecular complexity index is 592. The van der Waals surface area contributed by atoms with Crippen molar-refractivity contribution in [1.29, 1.82) is 0 Å². The summed E-state index contributed by atoms with van der Waals surface area (Å²) in [5, 5.41) is 15.4. The molecule has 0 aromatic heterocycles. The highest BCUT2D eigenvalue weighted by Gasteiger charge is 2.39. The zero-order valence-electron chi connectivity index (χ0n) is 15.1. The monoisotopic (exact) mass is 363 g/mol. The number of unbranched alkanes of at least 4 members (excludes halogenated alkanes) is 1. The average molecular weight is 363 g/mol. The first-order chi connectivity index (χ1) is 12.5. The van der Waals surface area contributed by atoms with Crippen LogP contribution in [0.4, 0.5) is 0 Å². The van der Waals surface area contributed by atoms with Crippen LogP contribution in [0.25, 0.3) is 0 Å². The fraction of sp³-hybridized carbons (Fsp3) is 0.556. The number of guanidine groups is 1. The number of benzene rings is 1. The van der Waals surface area contributed by atoms with E-state index in [1.54, 1.807) is 0 Å². The molecule has 1 fully saturated rings. The van der Waals surface area contributed by atoms with Crippen LogP contribution in [0.15, 0.2) is 35.3 Å². The number of nitrogens with two attached hydrogens (primary N) is 2. The Balaban J connectivity index is 1.80. The molecular formula is C18H29N5O3. The average Bonchev–Trinajstić information content (AvgIpc) is 3.28. The predicted octanol–water partition coefficient (Wildman–Crippen LogP) is -0.190. The summed E-state index contributed by atoms with van der Waals surface area (Å²) in [6.45, 7) is 2.51. The van der Waals surface area contributed by atoms with E-state index in [1.165, 1.54) is 5.56 Å². The molecule has 2 rings (SSSR count). The molecule has 0 saturated carbocycles. The number of aliphatic imine (C=N–C) groups is 1. The van der Waals surface area contributed by atoms with Gasteiger partial charge in [-0.1, -0.05) is 30.3 Å². The molecule has 1 aromatic carbocycles. The quantitative estimate of drug-likeness (QED) is 0.160. The van der Waals surface area contributed by atoms with Crippen LogP contribution in [0.5, 0.6) is 0 Å². The van der Waals surface area contributed by atoms with Crippen molar-refractivity contribution in [2.75, 3.05) is 6.54 Å². The lowest BCUT2D eigenvalue weighted by Gasteiger charge is -2.21. The van der Waals surface area contributed by atoms with Crippen LogP contribution in [0.3, 0.4) is 0 Å². The van der Waals surface area contributed by atoms with Gasteiger partial charge >= 0.3 is 0 Å². The Kier molecular flexibility index (Phi) is 7.83. The maximum Gasteiger partial charge on any atom is 0.237 e. The molecule has 8 heteroatoms. The van der Waals surface area contributed by atoms with E-state index in [2.05, 4.69) is 15.6 Å². The molecule has 1 aliphatic rings. The number of aliphatic hydroxyl groups is 1. The lowest BCUT2D eigenvalue weighted by Crippen LogP contribution is -2.48. The lowest BCUT2D eigenvalue weighted by molar-refractivity contribution is -0.124. The van der Waals surface area contributed by atoms with Crippen molar-refractivity contribution < 1.29 is 14.6 Å². The van der Waals surface area contributed by atoms with Crippen molar-refractivity contribution in [2.24, 2.45) is 16.5 Å². The standard InChI is InChI=1S/C18H29N5O3/c1-12(11-13-7-3-2-4-8-13)22-15(24)14(23-16-17(25)26-16)9-5-6-10-21-18(19)20/h2-4,7-8,12,14,16-17,23,25H,5-6,9-11H2,1H3,(H,22,24)(H4,19,20,21)/t12-,14-,16?,17?/m0/s1. The molecule has 1 heterocycles. The van der Waals surface area contributed by atoms with Gasteiger partial charge in [0.05, 0.1) is 6.04 Å². The van der Waals surface area contributed by atoms with Gasteiger partial charge in [0.2, 0.25) is 5.91 Å². The number of carbonyl (C=O) groups excluding carboxylic acids is 1. The summed E-state index contributed by atoms with van der Waals surface area (Å²) in [6, 6.07) is 9.58. The summed E-state index contributed by atoms with van der Waals surface area (Å²) in [4.78, 5) is 16.5. The second-order valence-electron chi connectivity index (χ2n) is 6.57. The molecule has 8 nitrogen and oxygen atoms in total. The van der Waals surface area contributed by atoms with Crippen molar-refractivity contribution in [3.05, 3.63) is 35.9 Å². The molecule has 1 aromatic rings. The highest BCUT2D eigenvalue weighted by Crippen LogP contribution is 2.17. The van der Waals surface area contributed by atoms with Gasteiger partial charge in [0.25, 0.3) is 0 Å². The molecule has 7 N–H and O–H groups in total. The van der Waals surface area contributed by atoms with Gasteiger partial charge in [-0.25, -0.2) is 0 Å². The van der Waals surface area contributed by atoms with E-state index in [9.17, 15) is 9.90 Å². The van der Waals surface area contributed by atoms with E-state index in [4.69, 9.17) is 16.2 Å². The van der Waals surface area contributed by atoms with Gasteiger partial charge in [0.1, 0.15) is 0 Å². The Labute approximate surface area is 154 Å². The summed E-state index contributed by atoms with van der Waals surface area (Å²) in [7, 11) is 0. The topological polar surface area (TPSA) is 138 Å². The van der Waals surface area contributed by atoms with E-state index in [0.717, 1.165) is 19.3 Å². The van der Waals surface area contributed by atoms with Gasteiger partial charge in [-0.2, -0.15) is 0 Å². The summed E-state index contributed by atoms with van der Waals surface area (Å²) in [5.41, 5.74) is 11.8. The minimum atomic E-state index is -0.839. The van der Waals surface area contributed by atoms with Gasteiger partial charge in [0.15, 0.2) is 18.5 Å². The fourth-order valence-corrected chi connectivity index (χ4v) is 2.75. The van der Waals surface area contributed by atoms with Gasteiger partial charge in [-0.15, -0.1) is 0 Å². The summed E-state index contributed by atoms with van der Waals surface area (Å²) >= 11 is 0. The molecule has 0 radical (unpaired) electrons. The van der Waals surface area contributed by atoms with Crippen molar-refractivity contribution in [1.82, 2.24) is 10.6 Å². The predicted molar refractivity (Wildman–Crippen MR) is 100 cm³/mol. The Hall–Kier alpha value is -2.16. The maximum absolute atomic E-state index is 12.6. The van der Waals surface area contributed by atoms with Crippen molar-refractivity contribution in [2.45, 2.75) is 57.2 Å². The second kappa shape index (κ2) is 10.1. The van der Waals surface area contributed by atoms with Crippen LogP contribution in [0, 0.1) is 0 Å². The first-order valence-electron chi connectivity index (χ1n) is 8.95. The van der Waals surface area contributed by atoms with Crippen LogP contribution in [0.1, 0.15) is 31.7 Å². The Morgan fingerprint density at radius 1 is 1.31 bits per heavy atom. The fourth-order valence-electron chi connectivity index (χ4n) is 2.75. The number of rotatable bonds is 11. The first-order valence-corrected chi connectivity index (χ1v) is 8.95. The van der Waals surface area contributed by atoms with Crippen molar-refractivity contribution in [3.8, 4) is 0 Å². The number of carbonyl (C=O) groups is 1. The van der Waals surface area contributed by atoms with Gasteiger partial charge < -0.3 is 26.6 Å². The molecule has 0 spiro atoms. The molecule has 1 saturated heterocycles. The van der Waals surface area contributed by atoms with Crippen molar-refractivity contribution >= 4 is 11.9 Å². The van der Waals surface area contributed by atoms with E-state index in [0.29, 0.717) is 13.0 Å². The second-order valence-corrected chi connectivity index (χ2v) is 6.57. The molecule has 26 heavy (non-hydrogen) atoms. The first kappa shape index (κ1) is 20.2. The van der Waals surface area contributed by atoms with E-state index >= 15 is 0 Å². The minimum absolute atomic E-state index is 0.000818. The number of hydrogen-bond donors (Lipinski definition) is 5. The number of hydrogen-bond acceptors (Lipinski definition) is 5. The molecule has 4 atom stereocenters. The summed E-state index contributed by atoms with van der Waals surface area (Å²) < 4.78 is 4.97. The molecule has 1 aliphatic heterocycles. The normalized spacial score (nSPS) is 20.8. The maximum atomic E-state index is 12.6. The number of nitrogens with zero attached hydrogens (tertiary/aromatic N) is 1. The number of nitrogens with one attached hydrogen (secondary N) is 2. The molecule has 2 unspecified atom stereocenters. The van der Waals surface area contributed by atoms with Crippen LogP contribution >= 0.6 is 0 Å². The third-order valence-electron chi connectivity index (χ3n) is 4.12. The van der Waals surface area contributed by atoms with E-state index < -0.39 is 18.6 Å². The van der Waals surface area contributed by atoms with Crippen LogP contribution in [-0.4, -0.2) is 48.1 Å². The number of ether oxygens (including phenoxy) is 1. The van der Waals surface area contributed by atoms with E-state index in [-0.39, 0.29) is 17.9 Å². The zero-order valence-corrected chi connectivity index (χ0v) is 15.1. The third kappa shape index (κ3) is 7.38. The number of epoxide rings is 1. The molecule has 0 bridgehead atoms. The highest BCUT2D eigenvalue weighted by molar-refractivity contribution is 5.82. The molecule has 1 amide bonds.